The Morgan fingerprint density at radius 1 is 1.58 bits per heavy atom. The van der Waals surface area contributed by atoms with Crippen LogP contribution >= 0.6 is 11.8 Å². The van der Waals surface area contributed by atoms with Crippen molar-refractivity contribution in [1.82, 2.24) is 14.9 Å². The summed E-state index contributed by atoms with van der Waals surface area (Å²) in [5.74, 6) is 1.23. The Bertz CT molecular complexity index is 509. The van der Waals surface area contributed by atoms with Crippen molar-refractivity contribution in [1.29, 1.82) is 0 Å². The number of amides is 1. The normalized spacial score (nSPS) is 16.6. The zero-order valence-electron chi connectivity index (χ0n) is 10.9. The summed E-state index contributed by atoms with van der Waals surface area (Å²) in [6.45, 7) is 3.85. The number of hydrogen-bond acceptors (Lipinski definition) is 5. The van der Waals surface area contributed by atoms with Crippen LogP contribution in [0.25, 0.3) is 0 Å². The Kier molecular flexibility index (Phi) is 4.47. The third kappa shape index (κ3) is 3.99. The average molecular weight is 282 g/mol. The number of aromatic nitrogens is 2. The molecular formula is C12H18N4O2S. The SMILES string of the molecule is CC1CCN(C(=O)CSc2nc(N)cc(=O)[nH]2)CC1. The third-order valence-electron chi connectivity index (χ3n) is 3.21. The topological polar surface area (TPSA) is 92.1 Å². The number of aromatic amines is 1. The number of piperidine rings is 1. The maximum absolute atomic E-state index is 12.0. The molecule has 1 aliphatic rings. The van der Waals surface area contributed by atoms with Crippen LogP contribution in [0.15, 0.2) is 16.0 Å². The second-order valence-electron chi connectivity index (χ2n) is 4.83. The van der Waals surface area contributed by atoms with Crippen molar-refractivity contribution in [3.05, 3.63) is 16.4 Å². The minimum Gasteiger partial charge on any atom is -0.383 e. The molecule has 104 valence electrons. The lowest BCUT2D eigenvalue weighted by atomic mass is 9.99. The van der Waals surface area contributed by atoms with Gasteiger partial charge >= 0.3 is 0 Å². The molecule has 2 heterocycles. The predicted octanol–water partition coefficient (Wildman–Crippen LogP) is 0.703. The Hall–Kier alpha value is -1.50. The molecule has 1 fully saturated rings. The van der Waals surface area contributed by atoms with E-state index in [4.69, 9.17) is 5.73 Å². The van der Waals surface area contributed by atoms with Crippen molar-refractivity contribution in [2.75, 3.05) is 24.6 Å². The molecule has 6 nitrogen and oxygen atoms in total. The van der Waals surface area contributed by atoms with Crippen molar-refractivity contribution in [3.63, 3.8) is 0 Å². The quantitative estimate of drug-likeness (QED) is 0.629. The summed E-state index contributed by atoms with van der Waals surface area (Å²) >= 11 is 1.21. The number of nitrogens with two attached hydrogens (primary N) is 1. The number of nitrogens with zero attached hydrogens (tertiary/aromatic N) is 2. The first kappa shape index (κ1) is 13.9. The van der Waals surface area contributed by atoms with Gasteiger partial charge in [0.2, 0.25) is 5.91 Å². The molecule has 0 bridgehead atoms. The van der Waals surface area contributed by atoms with E-state index in [0.29, 0.717) is 11.1 Å². The number of likely N-dealkylation sites (tertiary alicyclic amines) is 1. The van der Waals surface area contributed by atoms with Gasteiger partial charge in [0.1, 0.15) is 5.82 Å². The standard InChI is InChI=1S/C12H18N4O2S/c1-8-2-4-16(5-3-8)11(18)7-19-12-14-9(13)6-10(17)15-12/h6,8H,2-5,7H2,1H3,(H3,13,14,15,17). The highest BCUT2D eigenvalue weighted by molar-refractivity contribution is 7.99. The molecule has 7 heteroatoms. The van der Waals surface area contributed by atoms with E-state index in [2.05, 4.69) is 16.9 Å². The number of rotatable bonds is 3. The zero-order valence-corrected chi connectivity index (χ0v) is 11.7. The van der Waals surface area contributed by atoms with E-state index in [-0.39, 0.29) is 23.0 Å². The Morgan fingerprint density at radius 2 is 2.26 bits per heavy atom. The zero-order chi connectivity index (χ0) is 13.8. The summed E-state index contributed by atoms with van der Waals surface area (Å²) in [6, 6.07) is 1.22. The number of carbonyl (C=O) groups excluding carboxylic acids is 1. The smallest absolute Gasteiger partial charge is 0.253 e. The van der Waals surface area contributed by atoms with Crippen LogP contribution in [0.1, 0.15) is 19.8 Å². The fourth-order valence-electron chi connectivity index (χ4n) is 2.00. The second kappa shape index (κ2) is 6.10. The predicted molar refractivity (Wildman–Crippen MR) is 75.0 cm³/mol. The van der Waals surface area contributed by atoms with Crippen LogP contribution in [0.3, 0.4) is 0 Å². The number of nitrogen functional groups attached to an aromatic ring is 1. The molecule has 0 aliphatic carbocycles. The molecule has 1 amide bonds. The lowest BCUT2D eigenvalue weighted by molar-refractivity contribution is -0.129. The van der Waals surface area contributed by atoms with Gasteiger partial charge in [-0.2, -0.15) is 0 Å². The molecule has 1 saturated heterocycles. The largest absolute Gasteiger partial charge is 0.383 e. The first-order valence-corrected chi connectivity index (χ1v) is 7.30. The number of H-pyrrole nitrogens is 1. The van der Waals surface area contributed by atoms with E-state index < -0.39 is 0 Å². The number of thioether (sulfide) groups is 1. The van der Waals surface area contributed by atoms with Crippen LogP contribution in [0.4, 0.5) is 5.82 Å². The summed E-state index contributed by atoms with van der Waals surface area (Å²) in [4.78, 5) is 31.6. The van der Waals surface area contributed by atoms with Crippen LogP contribution in [-0.4, -0.2) is 39.6 Å². The van der Waals surface area contributed by atoms with Crippen molar-refractivity contribution in [2.45, 2.75) is 24.9 Å². The van der Waals surface area contributed by atoms with Crippen LogP contribution in [0, 0.1) is 5.92 Å². The third-order valence-corrected chi connectivity index (χ3v) is 4.07. The van der Waals surface area contributed by atoms with Crippen molar-refractivity contribution >= 4 is 23.5 Å². The molecule has 19 heavy (non-hydrogen) atoms. The van der Waals surface area contributed by atoms with Gasteiger partial charge in [-0.05, 0) is 18.8 Å². The number of carbonyl (C=O) groups is 1. The fourth-order valence-corrected chi connectivity index (χ4v) is 2.79. The summed E-state index contributed by atoms with van der Waals surface area (Å²) in [5, 5.41) is 0.392. The van der Waals surface area contributed by atoms with Gasteiger partial charge in [0.15, 0.2) is 5.16 Å². The minimum atomic E-state index is -0.297. The molecule has 0 atom stereocenters. The van der Waals surface area contributed by atoms with E-state index in [0.717, 1.165) is 25.9 Å². The van der Waals surface area contributed by atoms with E-state index in [1.54, 1.807) is 0 Å². The highest BCUT2D eigenvalue weighted by Gasteiger charge is 2.20. The van der Waals surface area contributed by atoms with Gasteiger partial charge in [-0.15, -0.1) is 0 Å². The lowest BCUT2D eigenvalue weighted by Gasteiger charge is -2.30. The maximum atomic E-state index is 12.0. The van der Waals surface area contributed by atoms with Gasteiger partial charge in [-0.1, -0.05) is 18.7 Å². The van der Waals surface area contributed by atoms with Crippen LogP contribution < -0.4 is 11.3 Å². The molecule has 0 saturated carbocycles. The van der Waals surface area contributed by atoms with Gasteiger partial charge in [0.25, 0.3) is 5.56 Å². The van der Waals surface area contributed by atoms with Crippen molar-refractivity contribution in [3.8, 4) is 0 Å². The number of anilines is 1. The molecule has 0 unspecified atom stereocenters. The molecule has 1 aromatic rings. The molecular weight excluding hydrogens is 264 g/mol. The summed E-state index contributed by atoms with van der Waals surface area (Å²) in [5.41, 5.74) is 5.19. The highest BCUT2D eigenvalue weighted by Crippen LogP contribution is 2.18. The minimum absolute atomic E-state index is 0.0852. The molecule has 0 aromatic carbocycles. The van der Waals surface area contributed by atoms with Crippen LogP contribution in [-0.2, 0) is 4.79 Å². The Labute approximate surface area is 115 Å². The monoisotopic (exact) mass is 282 g/mol. The van der Waals surface area contributed by atoms with Crippen molar-refractivity contribution in [2.24, 2.45) is 5.92 Å². The van der Waals surface area contributed by atoms with Gasteiger partial charge < -0.3 is 15.6 Å². The van der Waals surface area contributed by atoms with Gasteiger partial charge in [0, 0.05) is 19.2 Å². The molecule has 1 aliphatic heterocycles. The van der Waals surface area contributed by atoms with Gasteiger partial charge in [0.05, 0.1) is 5.75 Å². The van der Waals surface area contributed by atoms with Gasteiger partial charge in [-0.3, -0.25) is 9.59 Å². The Morgan fingerprint density at radius 3 is 2.89 bits per heavy atom. The molecule has 2 rings (SSSR count). The number of nitrogens with one attached hydrogen (secondary N) is 1. The first-order valence-electron chi connectivity index (χ1n) is 6.32. The highest BCUT2D eigenvalue weighted by atomic mass is 32.2. The fraction of sp³-hybridized carbons (Fsp3) is 0.583. The van der Waals surface area contributed by atoms with E-state index in [1.807, 2.05) is 4.90 Å². The molecule has 1 aromatic heterocycles. The summed E-state index contributed by atoms with van der Waals surface area (Å²) in [7, 11) is 0. The lowest BCUT2D eigenvalue weighted by Crippen LogP contribution is -2.38. The van der Waals surface area contributed by atoms with E-state index in [9.17, 15) is 9.59 Å². The van der Waals surface area contributed by atoms with E-state index >= 15 is 0 Å². The second-order valence-corrected chi connectivity index (χ2v) is 5.79. The summed E-state index contributed by atoms with van der Waals surface area (Å²) in [6.07, 6.45) is 2.12. The Balaban J connectivity index is 1.88. The average Bonchev–Trinajstić information content (AvgIpc) is 2.36. The van der Waals surface area contributed by atoms with Crippen LogP contribution in [0.2, 0.25) is 0 Å². The van der Waals surface area contributed by atoms with Gasteiger partial charge in [-0.25, -0.2) is 4.98 Å². The summed E-state index contributed by atoms with van der Waals surface area (Å²) < 4.78 is 0. The molecule has 0 radical (unpaired) electrons. The van der Waals surface area contributed by atoms with E-state index in [1.165, 1.54) is 17.8 Å². The maximum Gasteiger partial charge on any atom is 0.253 e. The number of hydrogen-bond donors (Lipinski definition) is 2. The first-order chi connectivity index (χ1) is 9.04. The molecule has 0 spiro atoms. The van der Waals surface area contributed by atoms with Crippen LogP contribution in [0.5, 0.6) is 0 Å². The molecule has 3 N–H and O–H groups in total. The van der Waals surface area contributed by atoms with Crippen molar-refractivity contribution < 1.29 is 4.79 Å².